The van der Waals surface area contributed by atoms with Gasteiger partial charge >= 0.3 is 0 Å². The highest BCUT2D eigenvalue weighted by atomic mass is 16.5. The van der Waals surface area contributed by atoms with Crippen LogP contribution in [0.25, 0.3) is 22.0 Å². The molecule has 3 aromatic carbocycles. The summed E-state index contributed by atoms with van der Waals surface area (Å²) >= 11 is 0. The minimum Gasteiger partial charge on any atom is -0.497 e. The van der Waals surface area contributed by atoms with Gasteiger partial charge in [-0.2, -0.15) is 0 Å². The first-order valence-corrected chi connectivity index (χ1v) is 8.26. The Morgan fingerprint density at radius 3 is 2.24 bits per heavy atom. The van der Waals surface area contributed by atoms with E-state index in [1.54, 1.807) is 7.11 Å². The van der Waals surface area contributed by atoms with Crippen molar-refractivity contribution in [3.05, 3.63) is 90.1 Å². The Morgan fingerprint density at radius 1 is 0.840 bits per heavy atom. The van der Waals surface area contributed by atoms with Crippen LogP contribution in [0.15, 0.2) is 78.9 Å². The lowest BCUT2D eigenvalue weighted by Crippen LogP contribution is -2.02. The number of aliphatic hydroxyl groups is 1. The van der Waals surface area contributed by atoms with Gasteiger partial charge in [-0.25, -0.2) is 0 Å². The maximum absolute atomic E-state index is 11.0. The molecule has 0 bridgehead atoms. The second-order valence-electron chi connectivity index (χ2n) is 6.00. The topological polar surface area (TPSA) is 45.2 Å². The summed E-state index contributed by atoms with van der Waals surface area (Å²) in [5.41, 5.74) is 4.77. The van der Waals surface area contributed by atoms with E-state index in [0.717, 1.165) is 39.0 Å². The molecule has 0 radical (unpaired) electrons. The van der Waals surface area contributed by atoms with Crippen LogP contribution in [-0.4, -0.2) is 17.2 Å². The third-order valence-electron chi connectivity index (χ3n) is 4.50. The van der Waals surface area contributed by atoms with E-state index >= 15 is 0 Å². The first-order valence-electron chi connectivity index (χ1n) is 8.26. The summed E-state index contributed by atoms with van der Waals surface area (Å²) in [5.74, 6) is 0.774. The molecule has 25 heavy (non-hydrogen) atoms. The third-order valence-corrected chi connectivity index (χ3v) is 4.50. The van der Waals surface area contributed by atoms with Crippen molar-refractivity contribution in [2.24, 2.45) is 0 Å². The van der Waals surface area contributed by atoms with Gasteiger partial charge in [-0.3, -0.25) is 0 Å². The van der Waals surface area contributed by atoms with E-state index in [0.29, 0.717) is 0 Å². The van der Waals surface area contributed by atoms with Crippen LogP contribution in [0.1, 0.15) is 17.4 Å². The fourth-order valence-corrected chi connectivity index (χ4v) is 3.24. The lowest BCUT2D eigenvalue weighted by atomic mass is 9.97. The maximum Gasteiger partial charge on any atom is 0.119 e. The standard InChI is InChI=1S/C22H19NO2/c1-25-17-13-11-16(12-14-17)22(24)21-20(15-7-3-2-4-8-15)18-9-5-6-10-19(18)23-21/h2-14,22-24H,1H3. The fourth-order valence-electron chi connectivity index (χ4n) is 3.24. The van der Waals surface area contributed by atoms with E-state index in [4.69, 9.17) is 4.74 Å². The van der Waals surface area contributed by atoms with Crippen LogP contribution in [-0.2, 0) is 0 Å². The molecular formula is C22H19NO2. The minimum atomic E-state index is -0.742. The van der Waals surface area contributed by atoms with E-state index in [1.165, 1.54) is 0 Å². The fraction of sp³-hybridized carbons (Fsp3) is 0.0909. The molecule has 124 valence electrons. The molecule has 3 heteroatoms. The zero-order valence-electron chi connectivity index (χ0n) is 13.9. The molecular weight excluding hydrogens is 310 g/mol. The van der Waals surface area contributed by atoms with Crippen molar-refractivity contribution in [3.63, 3.8) is 0 Å². The van der Waals surface area contributed by atoms with Gasteiger partial charge in [0.15, 0.2) is 0 Å². The van der Waals surface area contributed by atoms with Gasteiger partial charge in [-0.05, 0) is 29.3 Å². The summed E-state index contributed by atoms with van der Waals surface area (Å²) in [5, 5.41) is 12.1. The number of para-hydroxylation sites is 1. The number of nitrogens with one attached hydrogen (secondary N) is 1. The van der Waals surface area contributed by atoms with E-state index in [-0.39, 0.29) is 0 Å². The van der Waals surface area contributed by atoms with Gasteiger partial charge in [0.1, 0.15) is 11.9 Å². The molecule has 0 fully saturated rings. The molecule has 1 heterocycles. The number of rotatable bonds is 4. The van der Waals surface area contributed by atoms with Crippen LogP contribution in [0, 0.1) is 0 Å². The number of ether oxygens (including phenoxy) is 1. The van der Waals surface area contributed by atoms with Gasteiger partial charge in [0.2, 0.25) is 0 Å². The summed E-state index contributed by atoms with van der Waals surface area (Å²) in [7, 11) is 1.64. The van der Waals surface area contributed by atoms with Gasteiger partial charge in [0.05, 0.1) is 12.8 Å². The molecule has 0 aliphatic rings. The largest absolute Gasteiger partial charge is 0.497 e. The number of methoxy groups -OCH3 is 1. The minimum absolute atomic E-state index is 0.742. The third kappa shape index (κ3) is 2.79. The number of aromatic nitrogens is 1. The van der Waals surface area contributed by atoms with Crippen LogP contribution in [0.2, 0.25) is 0 Å². The number of hydrogen-bond donors (Lipinski definition) is 2. The van der Waals surface area contributed by atoms with E-state index in [1.807, 2.05) is 60.7 Å². The smallest absolute Gasteiger partial charge is 0.119 e. The molecule has 4 aromatic rings. The summed E-state index contributed by atoms with van der Waals surface area (Å²) in [6, 6.07) is 25.8. The molecule has 0 amide bonds. The summed E-state index contributed by atoms with van der Waals surface area (Å²) < 4.78 is 5.21. The molecule has 4 rings (SSSR count). The number of hydrogen-bond acceptors (Lipinski definition) is 2. The molecule has 0 spiro atoms. The molecule has 0 saturated heterocycles. The number of H-pyrrole nitrogens is 1. The van der Waals surface area contributed by atoms with Gasteiger partial charge in [-0.15, -0.1) is 0 Å². The van der Waals surface area contributed by atoms with E-state index in [2.05, 4.69) is 23.2 Å². The molecule has 0 aliphatic heterocycles. The van der Waals surface area contributed by atoms with Crippen molar-refractivity contribution >= 4 is 10.9 Å². The van der Waals surface area contributed by atoms with Crippen molar-refractivity contribution in [2.75, 3.05) is 7.11 Å². The number of benzene rings is 3. The average molecular weight is 329 g/mol. The monoisotopic (exact) mass is 329 g/mol. The predicted octanol–water partition coefficient (Wildman–Crippen LogP) is 4.93. The Kier molecular flexibility index (Phi) is 4.00. The zero-order chi connectivity index (χ0) is 17.2. The van der Waals surface area contributed by atoms with Crippen LogP contribution >= 0.6 is 0 Å². The normalized spacial score (nSPS) is 12.2. The first kappa shape index (κ1) is 15.5. The molecule has 2 N–H and O–H groups in total. The van der Waals surface area contributed by atoms with Crippen LogP contribution in [0.3, 0.4) is 0 Å². The Hall–Kier alpha value is -3.04. The number of fused-ring (bicyclic) bond motifs is 1. The van der Waals surface area contributed by atoms with Gasteiger partial charge < -0.3 is 14.8 Å². The lowest BCUT2D eigenvalue weighted by Gasteiger charge is -2.13. The van der Waals surface area contributed by atoms with Gasteiger partial charge in [-0.1, -0.05) is 60.7 Å². The Labute approximate surface area is 146 Å². The average Bonchev–Trinajstić information content (AvgIpc) is 3.07. The van der Waals surface area contributed by atoms with Crippen molar-refractivity contribution in [2.45, 2.75) is 6.10 Å². The van der Waals surface area contributed by atoms with Crippen molar-refractivity contribution in [1.29, 1.82) is 0 Å². The van der Waals surface area contributed by atoms with Crippen LogP contribution < -0.4 is 4.74 Å². The summed E-state index contributed by atoms with van der Waals surface area (Å²) in [4.78, 5) is 3.41. The Balaban J connectivity index is 1.88. The quantitative estimate of drug-likeness (QED) is 0.558. The molecule has 1 aromatic heterocycles. The second-order valence-corrected chi connectivity index (χ2v) is 6.00. The van der Waals surface area contributed by atoms with Crippen LogP contribution in [0.5, 0.6) is 5.75 Å². The van der Waals surface area contributed by atoms with E-state index in [9.17, 15) is 5.11 Å². The highest BCUT2D eigenvalue weighted by Gasteiger charge is 2.20. The first-order chi connectivity index (χ1) is 12.3. The van der Waals surface area contributed by atoms with Crippen molar-refractivity contribution in [1.82, 2.24) is 4.98 Å². The van der Waals surface area contributed by atoms with Crippen molar-refractivity contribution < 1.29 is 9.84 Å². The second kappa shape index (κ2) is 6.46. The molecule has 3 nitrogen and oxygen atoms in total. The van der Waals surface area contributed by atoms with E-state index < -0.39 is 6.10 Å². The maximum atomic E-state index is 11.0. The van der Waals surface area contributed by atoms with Crippen molar-refractivity contribution in [3.8, 4) is 16.9 Å². The molecule has 0 aliphatic carbocycles. The predicted molar refractivity (Wildman–Crippen MR) is 101 cm³/mol. The SMILES string of the molecule is COc1ccc(C(O)c2[nH]c3ccccc3c2-c2ccccc2)cc1. The Morgan fingerprint density at radius 2 is 1.52 bits per heavy atom. The highest BCUT2D eigenvalue weighted by molar-refractivity contribution is 5.97. The summed E-state index contributed by atoms with van der Waals surface area (Å²) in [6.07, 6.45) is -0.742. The lowest BCUT2D eigenvalue weighted by molar-refractivity contribution is 0.216. The summed E-state index contributed by atoms with van der Waals surface area (Å²) in [6.45, 7) is 0. The van der Waals surface area contributed by atoms with Crippen LogP contribution in [0.4, 0.5) is 0 Å². The number of aromatic amines is 1. The Bertz CT molecular complexity index is 988. The number of aliphatic hydroxyl groups excluding tert-OH is 1. The molecule has 1 atom stereocenters. The van der Waals surface area contributed by atoms with Gasteiger partial charge in [0.25, 0.3) is 0 Å². The molecule has 1 unspecified atom stereocenters. The van der Waals surface area contributed by atoms with Gasteiger partial charge in [0, 0.05) is 16.5 Å². The highest BCUT2D eigenvalue weighted by Crippen LogP contribution is 2.37. The molecule has 0 saturated carbocycles. The zero-order valence-corrected chi connectivity index (χ0v) is 13.9.